The summed E-state index contributed by atoms with van der Waals surface area (Å²) in [6, 6.07) is 17.5. The third kappa shape index (κ3) is 4.86. The topological polar surface area (TPSA) is 84.9 Å². The number of aliphatic carboxylic acids is 1. The summed E-state index contributed by atoms with van der Waals surface area (Å²) in [6.45, 7) is 2.28. The van der Waals surface area contributed by atoms with Gasteiger partial charge in [-0.3, -0.25) is 9.59 Å². The maximum Gasteiger partial charge on any atom is 0.305 e. The summed E-state index contributed by atoms with van der Waals surface area (Å²) in [5.74, 6) is -0.743. The van der Waals surface area contributed by atoms with Crippen LogP contribution in [0.1, 0.15) is 19.8 Å². The number of nitrogens with one attached hydrogen (secondary N) is 1. The zero-order chi connectivity index (χ0) is 19.3. The van der Waals surface area contributed by atoms with Crippen molar-refractivity contribution in [2.45, 2.75) is 31.4 Å². The molecule has 142 valence electrons. The van der Waals surface area contributed by atoms with Crippen LogP contribution in [0.3, 0.4) is 0 Å². The lowest BCUT2D eigenvalue weighted by Crippen LogP contribution is -2.53. The van der Waals surface area contributed by atoms with Gasteiger partial charge < -0.3 is 19.9 Å². The Balaban J connectivity index is 1.61. The van der Waals surface area contributed by atoms with Gasteiger partial charge in [-0.1, -0.05) is 42.5 Å². The van der Waals surface area contributed by atoms with E-state index in [4.69, 9.17) is 14.6 Å². The van der Waals surface area contributed by atoms with E-state index in [1.807, 2.05) is 54.6 Å². The van der Waals surface area contributed by atoms with Crippen LogP contribution in [0.5, 0.6) is 5.75 Å². The lowest BCUT2D eigenvalue weighted by Gasteiger charge is -2.28. The number of carboxylic acids is 1. The van der Waals surface area contributed by atoms with Crippen LogP contribution in [-0.2, 0) is 14.3 Å². The monoisotopic (exact) mass is 369 g/mol. The van der Waals surface area contributed by atoms with Gasteiger partial charge in [-0.2, -0.15) is 0 Å². The second-order valence-electron chi connectivity index (χ2n) is 6.79. The maximum absolute atomic E-state index is 12.5. The molecule has 0 radical (unpaired) electrons. The van der Waals surface area contributed by atoms with E-state index in [1.54, 1.807) is 6.92 Å². The number of ether oxygens (including phenoxy) is 2. The van der Waals surface area contributed by atoms with Gasteiger partial charge in [-0.15, -0.1) is 0 Å². The lowest BCUT2D eigenvalue weighted by atomic mass is 9.94. The van der Waals surface area contributed by atoms with Gasteiger partial charge in [0.1, 0.15) is 5.75 Å². The summed E-state index contributed by atoms with van der Waals surface area (Å²) in [6.07, 6.45) is -0.445. The number of benzene rings is 2. The van der Waals surface area contributed by atoms with Gasteiger partial charge in [0.15, 0.2) is 6.10 Å². The van der Waals surface area contributed by atoms with Crippen molar-refractivity contribution in [2.75, 3.05) is 13.2 Å². The maximum atomic E-state index is 12.5. The minimum Gasteiger partial charge on any atom is -0.481 e. The number of carbonyl (C=O) groups is 2. The summed E-state index contributed by atoms with van der Waals surface area (Å²) in [5.41, 5.74) is 1.30. The molecule has 1 aliphatic heterocycles. The second-order valence-corrected chi connectivity index (χ2v) is 6.79. The standard InChI is InChI=1S/C21H23NO5/c1-15(20(25)22-21(13-19(23)24)11-12-26-14-21)27-18-9-7-17(8-10-18)16-5-3-2-4-6-16/h2-10,15H,11-14H2,1H3,(H,22,25)(H,23,24). The minimum atomic E-state index is -0.967. The van der Waals surface area contributed by atoms with Gasteiger partial charge >= 0.3 is 5.97 Å². The molecule has 1 saturated heterocycles. The van der Waals surface area contributed by atoms with E-state index >= 15 is 0 Å². The number of carboxylic acid groups (broad SMARTS) is 1. The van der Waals surface area contributed by atoms with Gasteiger partial charge in [0.2, 0.25) is 0 Å². The third-order valence-electron chi connectivity index (χ3n) is 4.62. The highest BCUT2D eigenvalue weighted by molar-refractivity contribution is 5.82. The van der Waals surface area contributed by atoms with E-state index in [0.29, 0.717) is 18.8 Å². The Bertz CT molecular complexity index is 782. The molecule has 2 aromatic rings. The fourth-order valence-corrected chi connectivity index (χ4v) is 3.16. The molecule has 27 heavy (non-hydrogen) atoms. The predicted molar refractivity (Wildman–Crippen MR) is 101 cm³/mol. The van der Waals surface area contributed by atoms with E-state index in [9.17, 15) is 9.59 Å². The molecule has 2 N–H and O–H groups in total. The smallest absolute Gasteiger partial charge is 0.305 e. The molecule has 0 saturated carbocycles. The highest BCUT2D eigenvalue weighted by Gasteiger charge is 2.39. The first-order valence-corrected chi connectivity index (χ1v) is 8.91. The van der Waals surface area contributed by atoms with Gasteiger partial charge in [-0.05, 0) is 36.6 Å². The highest BCUT2D eigenvalue weighted by atomic mass is 16.5. The fraction of sp³-hybridized carbons (Fsp3) is 0.333. The molecular formula is C21H23NO5. The Kier molecular flexibility index (Phi) is 5.76. The Labute approximate surface area is 158 Å². The zero-order valence-corrected chi connectivity index (χ0v) is 15.2. The van der Waals surface area contributed by atoms with Crippen molar-refractivity contribution in [3.05, 3.63) is 54.6 Å². The lowest BCUT2D eigenvalue weighted by molar-refractivity contribution is -0.139. The van der Waals surface area contributed by atoms with Gasteiger partial charge in [0, 0.05) is 6.61 Å². The first-order chi connectivity index (χ1) is 13.0. The van der Waals surface area contributed by atoms with Crippen molar-refractivity contribution in [1.82, 2.24) is 5.32 Å². The van der Waals surface area contributed by atoms with E-state index in [-0.39, 0.29) is 18.9 Å². The van der Waals surface area contributed by atoms with Crippen LogP contribution in [0.2, 0.25) is 0 Å². The molecule has 1 amide bonds. The summed E-state index contributed by atoms with van der Waals surface area (Å²) < 4.78 is 11.0. The first-order valence-electron chi connectivity index (χ1n) is 8.91. The predicted octanol–water partition coefficient (Wildman–Crippen LogP) is 2.87. The molecule has 2 aromatic carbocycles. The van der Waals surface area contributed by atoms with E-state index in [2.05, 4.69) is 5.32 Å². The molecule has 1 heterocycles. The molecule has 0 aromatic heterocycles. The van der Waals surface area contributed by atoms with Crippen molar-refractivity contribution in [3.8, 4) is 16.9 Å². The molecular weight excluding hydrogens is 346 g/mol. The molecule has 1 aliphatic rings. The highest BCUT2D eigenvalue weighted by Crippen LogP contribution is 2.25. The SMILES string of the molecule is CC(Oc1ccc(-c2ccccc2)cc1)C(=O)NC1(CC(=O)O)CCOC1. The van der Waals surface area contributed by atoms with Crippen LogP contribution in [0, 0.1) is 0 Å². The zero-order valence-electron chi connectivity index (χ0n) is 15.2. The first kappa shape index (κ1) is 18.9. The van der Waals surface area contributed by atoms with Crippen LogP contribution < -0.4 is 10.1 Å². The molecule has 0 spiro atoms. The Morgan fingerprint density at radius 3 is 2.41 bits per heavy atom. The minimum absolute atomic E-state index is 0.169. The van der Waals surface area contributed by atoms with Crippen LogP contribution in [0.15, 0.2) is 54.6 Å². The fourth-order valence-electron chi connectivity index (χ4n) is 3.16. The van der Waals surface area contributed by atoms with Crippen molar-refractivity contribution < 1.29 is 24.2 Å². The molecule has 6 nitrogen and oxygen atoms in total. The molecule has 0 aliphatic carbocycles. The average molecular weight is 369 g/mol. The largest absolute Gasteiger partial charge is 0.481 e. The molecule has 0 bridgehead atoms. The van der Waals surface area contributed by atoms with Crippen LogP contribution in [0.4, 0.5) is 0 Å². The number of hydrogen-bond acceptors (Lipinski definition) is 4. The van der Waals surface area contributed by atoms with Gasteiger partial charge in [0.05, 0.1) is 18.6 Å². The third-order valence-corrected chi connectivity index (χ3v) is 4.62. The molecule has 2 atom stereocenters. The second kappa shape index (κ2) is 8.22. The average Bonchev–Trinajstić information content (AvgIpc) is 3.10. The van der Waals surface area contributed by atoms with Gasteiger partial charge in [-0.25, -0.2) is 0 Å². The van der Waals surface area contributed by atoms with Crippen molar-refractivity contribution in [2.24, 2.45) is 0 Å². The summed E-state index contributed by atoms with van der Waals surface area (Å²) in [7, 11) is 0. The number of carbonyl (C=O) groups excluding carboxylic acids is 1. The number of hydrogen-bond donors (Lipinski definition) is 2. The van der Waals surface area contributed by atoms with Gasteiger partial charge in [0.25, 0.3) is 5.91 Å². The summed E-state index contributed by atoms with van der Waals surface area (Å²) in [4.78, 5) is 23.6. The Hall–Kier alpha value is -2.86. The van der Waals surface area contributed by atoms with Crippen LogP contribution in [-0.4, -0.2) is 41.8 Å². The summed E-state index contributed by atoms with van der Waals surface area (Å²) >= 11 is 0. The molecule has 6 heteroatoms. The van der Waals surface area contributed by atoms with Crippen LogP contribution in [0.25, 0.3) is 11.1 Å². The summed E-state index contributed by atoms with van der Waals surface area (Å²) in [5, 5.41) is 11.9. The quantitative estimate of drug-likeness (QED) is 0.784. The number of rotatable bonds is 7. The molecule has 1 fully saturated rings. The number of amides is 1. The van der Waals surface area contributed by atoms with Crippen molar-refractivity contribution in [3.63, 3.8) is 0 Å². The van der Waals surface area contributed by atoms with E-state index in [0.717, 1.165) is 11.1 Å². The molecule has 3 rings (SSSR count). The van der Waals surface area contributed by atoms with E-state index < -0.39 is 17.6 Å². The van der Waals surface area contributed by atoms with Crippen molar-refractivity contribution >= 4 is 11.9 Å². The molecule has 2 unspecified atom stereocenters. The van der Waals surface area contributed by atoms with Crippen molar-refractivity contribution in [1.29, 1.82) is 0 Å². The van der Waals surface area contributed by atoms with Crippen LogP contribution >= 0.6 is 0 Å². The Morgan fingerprint density at radius 1 is 1.15 bits per heavy atom. The van der Waals surface area contributed by atoms with E-state index in [1.165, 1.54) is 0 Å². The Morgan fingerprint density at radius 2 is 1.81 bits per heavy atom. The normalized spacial score (nSPS) is 20.0.